The highest BCUT2D eigenvalue weighted by Crippen LogP contribution is 2.24. The second kappa shape index (κ2) is 7.27. The van der Waals surface area contributed by atoms with Crippen LogP contribution >= 0.6 is 0 Å². The Bertz CT molecular complexity index is 590. The van der Waals surface area contributed by atoms with E-state index in [9.17, 15) is 4.39 Å². The Morgan fingerprint density at radius 2 is 2.27 bits per heavy atom. The number of rotatable bonds is 5. The monoisotopic (exact) mass is 301 g/mol. The number of hydrogen-bond donors (Lipinski definition) is 2. The van der Waals surface area contributed by atoms with Crippen LogP contribution in [0.15, 0.2) is 54.8 Å². The van der Waals surface area contributed by atoms with Crippen molar-refractivity contribution in [2.45, 2.75) is 24.9 Å². The van der Waals surface area contributed by atoms with Gasteiger partial charge in [-0.3, -0.25) is 0 Å². The van der Waals surface area contributed by atoms with Gasteiger partial charge in [-0.2, -0.15) is 0 Å². The molecule has 4 heteroatoms. The molecule has 1 aliphatic heterocycles. The van der Waals surface area contributed by atoms with Gasteiger partial charge >= 0.3 is 0 Å². The van der Waals surface area contributed by atoms with Crippen molar-refractivity contribution in [2.75, 3.05) is 19.8 Å². The minimum atomic E-state index is -0.365. The number of allylic oxidation sites excluding steroid dienone is 1. The number of anilines is 1. The van der Waals surface area contributed by atoms with Crippen LogP contribution in [0.1, 0.15) is 24.4 Å². The number of benzene rings is 1. The first-order valence-electron chi connectivity index (χ1n) is 7.49. The lowest BCUT2D eigenvalue weighted by Gasteiger charge is -2.27. The van der Waals surface area contributed by atoms with Crippen molar-refractivity contribution in [1.82, 2.24) is 10.2 Å². The third-order valence-electron chi connectivity index (χ3n) is 3.89. The van der Waals surface area contributed by atoms with Gasteiger partial charge in [-0.15, -0.1) is 0 Å². The SMILES string of the molecule is C=C/C(=C\C[C@H]1CC=C[C@@H](c2ccc(N)c(F)c2)N1)N(C)C. The summed E-state index contributed by atoms with van der Waals surface area (Å²) in [4.78, 5) is 2.04. The normalized spacial score (nSPS) is 21.7. The Hall–Kier alpha value is -2.07. The van der Waals surface area contributed by atoms with Gasteiger partial charge < -0.3 is 16.0 Å². The maximum absolute atomic E-state index is 13.6. The average molecular weight is 301 g/mol. The van der Waals surface area contributed by atoms with Gasteiger partial charge in [-0.05, 0) is 36.6 Å². The molecule has 2 atom stereocenters. The van der Waals surface area contributed by atoms with E-state index in [1.807, 2.05) is 31.1 Å². The minimum absolute atomic E-state index is 0.0220. The lowest BCUT2D eigenvalue weighted by Crippen LogP contribution is -2.34. The molecule has 2 rings (SSSR count). The van der Waals surface area contributed by atoms with Crippen molar-refractivity contribution >= 4 is 5.69 Å². The van der Waals surface area contributed by atoms with E-state index in [-0.39, 0.29) is 17.5 Å². The fourth-order valence-electron chi connectivity index (χ4n) is 2.58. The summed E-state index contributed by atoms with van der Waals surface area (Å²) in [5, 5.41) is 3.54. The molecule has 1 aliphatic rings. The molecule has 0 bridgehead atoms. The van der Waals surface area contributed by atoms with Crippen LogP contribution in [0, 0.1) is 5.82 Å². The molecule has 0 aliphatic carbocycles. The molecule has 0 unspecified atom stereocenters. The summed E-state index contributed by atoms with van der Waals surface area (Å²) >= 11 is 0. The summed E-state index contributed by atoms with van der Waals surface area (Å²) < 4.78 is 13.6. The summed E-state index contributed by atoms with van der Waals surface area (Å²) in [5.41, 5.74) is 7.72. The van der Waals surface area contributed by atoms with Crippen molar-refractivity contribution in [1.29, 1.82) is 0 Å². The van der Waals surface area contributed by atoms with Gasteiger partial charge in [0.05, 0.1) is 11.7 Å². The maximum Gasteiger partial charge on any atom is 0.146 e. The van der Waals surface area contributed by atoms with Gasteiger partial charge in [-0.1, -0.05) is 30.9 Å². The number of nitrogens with zero attached hydrogens (tertiary/aromatic N) is 1. The fraction of sp³-hybridized carbons (Fsp3) is 0.333. The van der Waals surface area contributed by atoms with Crippen LogP contribution < -0.4 is 11.1 Å². The highest BCUT2D eigenvalue weighted by atomic mass is 19.1. The lowest BCUT2D eigenvalue weighted by atomic mass is 9.97. The number of nitrogens with two attached hydrogens (primary N) is 1. The molecule has 22 heavy (non-hydrogen) atoms. The molecule has 1 heterocycles. The van der Waals surface area contributed by atoms with E-state index in [4.69, 9.17) is 5.73 Å². The van der Waals surface area contributed by atoms with Crippen LogP contribution in [0.2, 0.25) is 0 Å². The van der Waals surface area contributed by atoms with E-state index < -0.39 is 0 Å². The molecule has 1 aromatic rings. The second-order valence-corrected chi connectivity index (χ2v) is 5.75. The predicted octanol–water partition coefficient (Wildman–Crippen LogP) is 3.39. The van der Waals surface area contributed by atoms with Crippen molar-refractivity contribution in [3.8, 4) is 0 Å². The summed E-state index contributed by atoms with van der Waals surface area (Å²) in [6.07, 6.45) is 10.1. The first kappa shape index (κ1) is 16.3. The van der Waals surface area contributed by atoms with Crippen LogP contribution in [0.3, 0.4) is 0 Å². The van der Waals surface area contributed by atoms with E-state index in [0.717, 1.165) is 24.1 Å². The van der Waals surface area contributed by atoms with Gasteiger partial charge in [0.15, 0.2) is 0 Å². The van der Waals surface area contributed by atoms with Gasteiger partial charge in [0, 0.05) is 25.8 Å². The smallest absolute Gasteiger partial charge is 0.146 e. The molecule has 1 aromatic carbocycles. The summed E-state index contributed by atoms with van der Waals surface area (Å²) in [5.74, 6) is -0.365. The third-order valence-corrected chi connectivity index (χ3v) is 3.89. The number of nitrogens with one attached hydrogen (secondary N) is 1. The maximum atomic E-state index is 13.6. The van der Waals surface area contributed by atoms with Crippen LogP contribution in [-0.2, 0) is 0 Å². The zero-order valence-electron chi connectivity index (χ0n) is 13.2. The fourth-order valence-corrected chi connectivity index (χ4v) is 2.58. The van der Waals surface area contributed by atoms with Crippen LogP contribution in [-0.4, -0.2) is 25.0 Å². The minimum Gasteiger partial charge on any atom is -0.396 e. The molecule has 0 spiro atoms. The molecule has 3 N–H and O–H groups in total. The molecule has 0 saturated heterocycles. The lowest BCUT2D eigenvalue weighted by molar-refractivity contribution is 0.455. The zero-order valence-corrected chi connectivity index (χ0v) is 13.2. The van der Waals surface area contributed by atoms with Crippen molar-refractivity contribution in [3.63, 3.8) is 0 Å². The standard InChI is InChI=1S/C18H24FN3/c1-4-15(22(2)3)10-9-14-6-5-7-18(21-14)13-8-11-17(20)16(19)12-13/h4-5,7-8,10-12,14,18,21H,1,6,9,20H2,2-3H3/b15-10+/t14-,18+/m1/s1. The van der Waals surface area contributed by atoms with Crippen molar-refractivity contribution < 1.29 is 4.39 Å². The largest absolute Gasteiger partial charge is 0.396 e. The molecule has 0 radical (unpaired) electrons. The molecule has 0 amide bonds. The Morgan fingerprint density at radius 3 is 2.91 bits per heavy atom. The average Bonchev–Trinajstić information content (AvgIpc) is 2.50. The zero-order chi connectivity index (χ0) is 16.1. The third kappa shape index (κ3) is 3.98. The van der Waals surface area contributed by atoms with Gasteiger partial charge in [-0.25, -0.2) is 4.39 Å². The number of halogens is 1. The van der Waals surface area contributed by atoms with Crippen molar-refractivity contribution in [2.24, 2.45) is 0 Å². The number of likely N-dealkylation sites (N-methyl/N-ethyl adjacent to an activating group) is 1. The van der Waals surface area contributed by atoms with Crippen LogP contribution in [0.25, 0.3) is 0 Å². The van der Waals surface area contributed by atoms with Crippen LogP contribution in [0.5, 0.6) is 0 Å². The van der Waals surface area contributed by atoms with Gasteiger partial charge in [0.2, 0.25) is 0 Å². The van der Waals surface area contributed by atoms with Gasteiger partial charge in [0.1, 0.15) is 5.82 Å². The first-order valence-corrected chi connectivity index (χ1v) is 7.49. The van der Waals surface area contributed by atoms with E-state index in [2.05, 4.69) is 30.1 Å². The van der Waals surface area contributed by atoms with E-state index in [1.54, 1.807) is 6.07 Å². The Kier molecular flexibility index (Phi) is 5.39. The molecule has 118 valence electrons. The van der Waals surface area contributed by atoms with Crippen LogP contribution in [0.4, 0.5) is 10.1 Å². The molecular formula is C18H24FN3. The predicted molar refractivity (Wildman–Crippen MR) is 90.8 cm³/mol. The highest BCUT2D eigenvalue weighted by Gasteiger charge is 2.18. The number of hydrogen-bond acceptors (Lipinski definition) is 3. The van der Waals surface area contributed by atoms with Gasteiger partial charge in [0.25, 0.3) is 0 Å². The molecule has 0 aromatic heterocycles. The van der Waals surface area contributed by atoms with Crippen molar-refractivity contribution in [3.05, 3.63) is 66.2 Å². The quantitative estimate of drug-likeness (QED) is 0.497. The van der Waals surface area contributed by atoms with E-state index >= 15 is 0 Å². The summed E-state index contributed by atoms with van der Waals surface area (Å²) in [6, 6.07) is 5.34. The second-order valence-electron chi connectivity index (χ2n) is 5.75. The highest BCUT2D eigenvalue weighted by molar-refractivity contribution is 5.43. The Morgan fingerprint density at radius 1 is 1.50 bits per heavy atom. The molecule has 3 nitrogen and oxygen atoms in total. The Balaban J connectivity index is 2.06. The molecule has 0 saturated carbocycles. The van der Waals surface area contributed by atoms with E-state index in [1.165, 1.54) is 6.07 Å². The molecular weight excluding hydrogens is 277 g/mol. The summed E-state index contributed by atoms with van der Waals surface area (Å²) in [6.45, 7) is 3.83. The first-order chi connectivity index (χ1) is 10.5. The van der Waals surface area contributed by atoms with E-state index in [0.29, 0.717) is 6.04 Å². The topological polar surface area (TPSA) is 41.3 Å². The Labute approximate surface area is 132 Å². The number of nitrogen functional groups attached to an aromatic ring is 1. The molecule has 0 fully saturated rings. The summed E-state index contributed by atoms with van der Waals surface area (Å²) in [7, 11) is 4.00.